The molecule has 1 aromatic rings. The lowest BCUT2D eigenvalue weighted by Crippen LogP contribution is -2.21. The first-order valence-corrected chi connectivity index (χ1v) is 6.76. The van der Waals surface area contributed by atoms with E-state index in [2.05, 4.69) is 11.9 Å². The quantitative estimate of drug-likeness (QED) is 0.472. The lowest BCUT2D eigenvalue weighted by Gasteiger charge is -2.12. The lowest BCUT2D eigenvalue weighted by atomic mass is 10.1. The van der Waals surface area contributed by atoms with E-state index in [4.69, 9.17) is 4.74 Å². The molecule has 0 heterocycles. The number of nitrogens with zero attached hydrogens (tertiary/aromatic N) is 1. The highest BCUT2D eigenvalue weighted by molar-refractivity contribution is 5.49. The Morgan fingerprint density at radius 3 is 2.75 bits per heavy atom. The van der Waals surface area contributed by atoms with E-state index in [9.17, 15) is 10.1 Å². The van der Waals surface area contributed by atoms with Gasteiger partial charge in [0.2, 0.25) is 0 Å². The van der Waals surface area contributed by atoms with Crippen molar-refractivity contribution >= 4 is 5.69 Å². The summed E-state index contributed by atoms with van der Waals surface area (Å²) in [5, 5.41) is 14.3. The third kappa shape index (κ3) is 3.81. The molecule has 1 aromatic carbocycles. The molecule has 0 aromatic heterocycles. The molecular formula is C15H20N2O3. The first-order chi connectivity index (χ1) is 9.47. The van der Waals surface area contributed by atoms with Crippen LogP contribution in [0.25, 0.3) is 0 Å². The summed E-state index contributed by atoms with van der Waals surface area (Å²) >= 11 is 0. The van der Waals surface area contributed by atoms with Gasteiger partial charge in [-0.2, -0.15) is 0 Å². The Bertz CT molecular complexity index is 536. The summed E-state index contributed by atoms with van der Waals surface area (Å²) in [5.41, 5.74) is 2.58. The van der Waals surface area contributed by atoms with E-state index >= 15 is 0 Å². The number of benzene rings is 1. The molecule has 0 saturated heterocycles. The average Bonchev–Trinajstić information content (AvgIpc) is 3.18. The third-order valence-corrected chi connectivity index (χ3v) is 3.34. The van der Waals surface area contributed by atoms with Crippen molar-refractivity contribution in [3.05, 3.63) is 45.5 Å². The number of nitro groups is 1. The van der Waals surface area contributed by atoms with Crippen LogP contribution < -0.4 is 10.1 Å². The third-order valence-electron chi connectivity index (χ3n) is 3.34. The molecule has 0 aliphatic heterocycles. The van der Waals surface area contributed by atoms with Crippen LogP contribution in [0.4, 0.5) is 5.69 Å². The van der Waals surface area contributed by atoms with Gasteiger partial charge in [0.05, 0.1) is 11.0 Å². The van der Waals surface area contributed by atoms with Crippen LogP contribution in [-0.2, 0) is 0 Å². The van der Waals surface area contributed by atoms with Crippen LogP contribution in [0.3, 0.4) is 0 Å². The van der Waals surface area contributed by atoms with Gasteiger partial charge in [-0.05, 0) is 43.9 Å². The van der Waals surface area contributed by atoms with Crippen molar-refractivity contribution in [2.24, 2.45) is 0 Å². The van der Waals surface area contributed by atoms with Gasteiger partial charge in [0.1, 0.15) is 12.4 Å². The topological polar surface area (TPSA) is 64.4 Å². The van der Waals surface area contributed by atoms with Crippen molar-refractivity contribution in [3.63, 3.8) is 0 Å². The highest BCUT2D eigenvalue weighted by Gasteiger charge is 2.20. The van der Waals surface area contributed by atoms with E-state index in [0.717, 1.165) is 17.7 Å². The Labute approximate surface area is 118 Å². The van der Waals surface area contributed by atoms with Crippen molar-refractivity contribution in [3.8, 4) is 5.75 Å². The minimum absolute atomic E-state index is 0.0901. The summed E-state index contributed by atoms with van der Waals surface area (Å²) in [4.78, 5) is 10.5. The molecule has 0 amide bonds. The summed E-state index contributed by atoms with van der Waals surface area (Å²) < 4.78 is 5.65. The zero-order valence-corrected chi connectivity index (χ0v) is 11.9. The summed E-state index contributed by atoms with van der Waals surface area (Å²) in [6.45, 7) is 8.68. The fourth-order valence-corrected chi connectivity index (χ4v) is 1.98. The molecule has 0 unspecified atom stereocenters. The second kappa shape index (κ2) is 6.05. The fourth-order valence-electron chi connectivity index (χ4n) is 1.98. The van der Waals surface area contributed by atoms with Crippen molar-refractivity contribution in [1.29, 1.82) is 0 Å². The van der Waals surface area contributed by atoms with Crippen molar-refractivity contribution in [2.45, 2.75) is 32.7 Å². The number of nitro benzene ring substituents is 1. The molecule has 0 radical (unpaired) electrons. The number of rotatable bonds is 7. The predicted molar refractivity (Wildman–Crippen MR) is 78.2 cm³/mol. The molecule has 108 valence electrons. The van der Waals surface area contributed by atoms with Gasteiger partial charge >= 0.3 is 0 Å². The van der Waals surface area contributed by atoms with Crippen molar-refractivity contribution in [1.82, 2.24) is 5.32 Å². The van der Waals surface area contributed by atoms with Crippen LogP contribution in [0.5, 0.6) is 5.75 Å². The summed E-state index contributed by atoms with van der Waals surface area (Å²) in [5.74, 6) is 0.551. The number of hydrogen-bond acceptors (Lipinski definition) is 4. The van der Waals surface area contributed by atoms with E-state index in [0.29, 0.717) is 24.0 Å². The molecular weight excluding hydrogens is 256 g/mol. The van der Waals surface area contributed by atoms with Gasteiger partial charge in [0.25, 0.3) is 5.69 Å². The van der Waals surface area contributed by atoms with E-state index in [-0.39, 0.29) is 10.6 Å². The molecule has 1 N–H and O–H groups in total. The molecule has 0 spiro atoms. The van der Waals surface area contributed by atoms with Crippen molar-refractivity contribution < 1.29 is 9.66 Å². The summed E-state index contributed by atoms with van der Waals surface area (Å²) in [7, 11) is 0. The van der Waals surface area contributed by atoms with Crippen LogP contribution in [-0.4, -0.2) is 24.1 Å². The normalized spacial score (nSPS) is 14.1. The number of ether oxygens (including phenoxy) is 1. The summed E-state index contributed by atoms with van der Waals surface area (Å²) in [6.07, 6.45) is 2.47. The van der Waals surface area contributed by atoms with Crippen LogP contribution in [0.2, 0.25) is 0 Å². The predicted octanol–water partition coefficient (Wildman–Crippen LogP) is 2.90. The fraction of sp³-hybridized carbons (Fsp3) is 0.467. The van der Waals surface area contributed by atoms with Crippen LogP contribution in [0.15, 0.2) is 24.3 Å². The minimum atomic E-state index is -0.384. The first-order valence-electron chi connectivity index (χ1n) is 6.76. The average molecular weight is 276 g/mol. The second-order valence-electron chi connectivity index (χ2n) is 5.36. The molecule has 2 rings (SSSR count). The summed E-state index contributed by atoms with van der Waals surface area (Å²) in [6, 6.07) is 3.90. The minimum Gasteiger partial charge on any atom is -0.489 e. The van der Waals surface area contributed by atoms with Gasteiger partial charge < -0.3 is 10.1 Å². The zero-order chi connectivity index (χ0) is 14.7. The Balaban J connectivity index is 1.95. The Kier molecular flexibility index (Phi) is 4.39. The Morgan fingerprint density at radius 1 is 1.45 bits per heavy atom. The SMILES string of the molecule is C=C(CNC1CC1)COc1cc([N+](=O)[O-])c(C)cc1C. The zero-order valence-electron chi connectivity index (χ0n) is 11.9. The van der Waals surface area contributed by atoms with Gasteiger partial charge in [-0.15, -0.1) is 0 Å². The maximum absolute atomic E-state index is 10.9. The molecule has 1 aliphatic rings. The van der Waals surface area contributed by atoms with Crippen LogP contribution >= 0.6 is 0 Å². The monoisotopic (exact) mass is 276 g/mol. The highest BCUT2D eigenvalue weighted by Crippen LogP contribution is 2.28. The number of hydrogen-bond donors (Lipinski definition) is 1. The van der Waals surface area contributed by atoms with Crippen LogP contribution in [0.1, 0.15) is 24.0 Å². The second-order valence-corrected chi connectivity index (χ2v) is 5.36. The van der Waals surface area contributed by atoms with E-state index < -0.39 is 0 Å². The smallest absolute Gasteiger partial charge is 0.276 e. The van der Waals surface area contributed by atoms with Gasteiger partial charge in [-0.3, -0.25) is 10.1 Å². The first kappa shape index (κ1) is 14.5. The lowest BCUT2D eigenvalue weighted by molar-refractivity contribution is -0.385. The Morgan fingerprint density at radius 2 is 2.15 bits per heavy atom. The Hall–Kier alpha value is -1.88. The van der Waals surface area contributed by atoms with E-state index in [1.165, 1.54) is 18.9 Å². The van der Waals surface area contributed by atoms with E-state index in [1.807, 2.05) is 6.92 Å². The van der Waals surface area contributed by atoms with Gasteiger partial charge in [-0.25, -0.2) is 0 Å². The van der Waals surface area contributed by atoms with Gasteiger partial charge in [0, 0.05) is 18.2 Å². The molecule has 5 nitrogen and oxygen atoms in total. The molecule has 5 heteroatoms. The van der Waals surface area contributed by atoms with Crippen LogP contribution in [0, 0.1) is 24.0 Å². The number of aryl methyl sites for hydroxylation is 2. The molecule has 1 fully saturated rings. The molecule has 0 bridgehead atoms. The number of nitrogens with one attached hydrogen (secondary N) is 1. The van der Waals surface area contributed by atoms with Gasteiger partial charge in [-0.1, -0.05) is 6.58 Å². The van der Waals surface area contributed by atoms with Gasteiger partial charge in [0.15, 0.2) is 0 Å². The standard InChI is InChI=1S/C15H20N2O3/c1-10(8-16-13-4-5-13)9-20-15-7-14(17(18)19)11(2)6-12(15)3/h6-7,13,16H,1,4-5,8-9H2,2-3H3. The maximum Gasteiger partial charge on any atom is 0.276 e. The molecule has 20 heavy (non-hydrogen) atoms. The molecule has 1 saturated carbocycles. The molecule has 0 atom stereocenters. The molecule has 1 aliphatic carbocycles. The highest BCUT2D eigenvalue weighted by atomic mass is 16.6. The van der Waals surface area contributed by atoms with Crippen molar-refractivity contribution in [2.75, 3.05) is 13.2 Å². The maximum atomic E-state index is 10.9. The van der Waals surface area contributed by atoms with E-state index in [1.54, 1.807) is 13.0 Å². The largest absolute Gasteiger partial charge is 0.489 e.